The van der Waals surface area contributed by atoms with Crippen LogP contribution in [0.2, 0.25) is 0 Å². The molecule has 0 aliphatic carbocycles. The standard InChI is InChI=1S/C11H19NO2/c1-3-5-6-7-11(14)12-9-8-10(13)4-2/h3,5-7,10,13H,4,8-9H2,1-2H3,(H,12,14)/b5-3?,7-6+. The molecule has 0 saturated heterocycles. The van der Waals surface area contributed by atoms with Gasteiger partial charge in [-0.15, -0.1) is 0 Å². The largest absolute Gasteiger partial charge is 0.393 e. The minimum atomic E-state index is -0.310. The molecule has 0 aliphatic heterocycles. The van der Waals surface area contributed by atoms with Crippen LogP contribution in [0.15, 0.2) is 24.3 Å². The van der Waals surface area contributed by atoms with Gasteiger partial charge in [-0.3, -0.25) is 4.79 Å². The van der Waals surface area contributed by atoms with Crippen LogP contribution < -0.4 is 5.32 Å². The fourth-order valence-electron chi connectivity index (χ4n) is 0.879. The first kappa shape index (κ1) is 12.9. The number of aliphatic hydroxyl groups is 1. The number of nitrogens with one attached hydrogen (secondary N) is 1. The molecule has 0 aliphatic rings. The third-order valence-corrected chi connectivity index (χ3v) is 1.80. The predicted octanol–water partition coefficient (Wildman–Crippen LogP) is 1.40. The highest BCUT2D eigenvalue weighted by Crippen LogP contribution is 1.94. The average Bonchev–Trinajstić information content (AvgIpc) is 2.18. The summed E-state index contributed by atoms with van der Waals surface area (Å²) >= 11 is 0. The van der Waals surface area contributed by atoms with E-state index in [-0.39, 0.29) is 12.0 Å². The molecular weight excluding hydrogens is 178 g/mol. The third kappa shape index (κ3) is 7.55. The van der Waals surface area contributed by atoms with Gasteiger partial charge in [0.15, 0.2) is 0 Å². The molecule has 0 bridgehead atoms. The van der Waals surface area contributed by atoms with Gasteiger partial charge in [-0.2, -0.15) is 0 Å². The van der Waals surface area contributed by atoms with E-state index in [4.69, 9.17) is 0 Å². The third-order valence-electron chi connectivity index (χ3n) is 1.80. The second kappa shape index (κ2) is 8.51. The Morgan fingerprint density at radius 2 is 2.21 bits per heavy atom. The van der Waals surface area contributed by atoms with Gasteiger partial charge in [-0.05, 0) is 19.8 Å². The van der Waals surface area contributed by atoms with Gasteiger partial charge in [0.2, 0.25) is 5.91 Å². The first-order valence-corrected chi connectivity index (χ1v) is 4.96. The Morgan fingerprint density at radius 3 is 2.79 bits per heavy atom. The Kier molecular flexibility index (Phi) is 7.84. The number of aliphatic hydroxyl groups excluding tert-OH is 1. The van der Waals surface area contributed by atoms with Crippen molar-refractivity contribution >= 4 is 5.91 Å². The Hall–Kier alpha value is -1.09. The number of hydrogen-bond acceptors (Lipinski definition) is 2. The summed E-state index contributed by atoms with van der Waals surface area (Å²) in [6.07, 6.45) is 7.83. The molecule has 14 heavy (non-hydrogen) atoms. The lowest BCUT2D eigenvalue weighted by Crippen LogP contribution is -2.25. The summed E-state index contributed by atoms with van der Waals surface area (Å²) < 4.78 is 0. The van der Waals surface area contributed by atoms with Crippen LogP contribution in [0, 0.1) is 0 Å². The first-order chi connectivity index (χ1) is 6.70. The van der Waals surface area contributed by atoms with Crippen molar-refractivity contribution in [2.75, 3.05) is 6.54 Å². The number of allylic oxidation sites excluding steroid dienone is 3. The van der Waals surface area contributed by atoms with Gasteiger partial charge in [-0.1, -0.05) is 25.2 Å². The Labute approximate surface area is 85.5 Å². The van der Waals surface area contributed by atoms with E-state index >= 15 is 0 Å². The molecule has 1 amide bonds. The van der Waals surface area contributed by atoms with Gasteiger partial charge in [-0.25, -0.2) is 0 Å². The Morgan fingerprint density at radius 1 is 1.50 bits per heavy atom. The van der Waals surface area contributed by atoms with Gasteiger partial charge < -0.3 is 10.4 Å². The molecule has 0 aromatic carbocycles. The van der Waals surface area contributed by atoms with Gasteiger partial charge in [0.05, 0.1) is 6.10 Å². The van der Waals surface area contributed by atoms with E-state index in [9.17, 15) is 9.90 Å². The van der Waals surface area contributed by atoms with Crippen LogP contribution in [0.5, 0.6) is 0 Å². The maximum atomic E-state index is 11.1. The van der Waals surface area contributed by atoms with Crippen molar-refractivity contribution in [1.82, 2.24) is 5.32 Å². The first-order valence-electron chi connectivity index (χ1n) is 4.96. The van der Waals surface area contributed by atoms with E-state index in [1.807, 2.05) is 19.9 Å². The second-order valence-corrected chi connectivity index (χ2v) is 3.03. The maximum Gasteiger partial charge on any atom is 0.243 e. The van der Waals surface area contributed by atoms with Crippen molar-refractivity contribution in [1.29, 1.82) is 0 Å². The number of carbonyl (C=O) groups excluding carboxylic acids is 1. The number of rotatable bonds is 6. The second-order valence-electron chi connectivity index (χ2n) is 3.03. The lowest BCUT2D eigenvalue weighted by molar-refractivity contribution is -0.116. The fraction of sp³-hybridized carbons (Fsp3) is 0.545. The zero-order valence-electron chi connectivity index (χ0n) is 8.86. The summed E-state index contributed by atoms with van der Waals surface area (Å²) in [5.41, 5.74) is 0. The molecular formula is C11H19NO2. The highest BCUT2D eigenvalue weighted by Gasteiger charge is 2.00. The van der Waals surface area contributed by atoms with Crippen molar-refractivity contribution in [2.24, 2.45) is 0 Å². The highest BCUT2D eigenvalue weighted by molar-refractivity contribution is 5.87. The zero-order chi connectivity index (χ0) is 10.8. The van der Waals surface area contributed by atoms with Crippen molar-refractivity contribution in [3.63, 3.8) is 0 Å². The molecule has 0 rings (SSSR count). The van der Waals surface area contributed by atoms with E-state index in [1.165, 1.54) is 6.08 Å². The smallest absolute Gasteiger partial charge is 0.243 e. The topological polar surface area (TPSA) is 49.3 Å². The summed E-state index contributed by atoms with van der Waals surface area (Å²) in [5.74, 6) is -0.119. The van der Waals surface area contributed by atoms with E-state index in [0.29, 0.717) is 13.0 Å². The van der Waals surface area contributed by atoms with Gasteiger partial charge in [0.1, 0.15) is 0 Å². The van der Waals surface area contributed by atoms with E-state index in [0.717, 1.165) is 6.42 Å². The fourth-order valence-corrected chi connectivity index (χ4v) is 0.879. The predicted molar refractivity (Wildman–Crippen MR) is 57.9 cm³/mol. The van der Waals surface area contributed by atoms with Crippen LogP contribution in [0.4, 0.5) is 0 Å². The molecule has 3 nitrogen and oxygen atoms in total. The number of hydrogen-bond donors (Lipinski definition) is 2. The lowest BCUT2D eigenvalue weighted by atomic mass is 10.2. The Bertz CT molecular complexity index is 209. The van der Waals surface area contributed by atoms with Crippen LogP contribution in [0.3, 0.4) is 0 Å². The zero-order valence-corrected chi connectivity index (χ0v) is 8.86. The van der Waals surface area contributed by atoms with Crippen molar-refractivity contribution in [3.8, 4) is 0 Å². The van der Waals surface area contributed by atoms with Crippen molar-refractivity contribution < 1.29 is 9.90 Å². The summed E-state index contributed by atoms with van der Waals surface area (Å²) in [4.78, 5) is 11.1. The van der Waals surface area contributed by atoms with Crippen LogP contribution >= 0.6 is 0 Å². The molecule has 0 saturated carbocycles. The van der Waals surface area contributed by atoms with E-state index in [2.05, 4.69) is 5.32 Å². The monoisotopic (exact) mass is 197 g/mol. The molecule has 1 unspecified atom stereocenters. The van der Waals surface area contributed by atoms with E-state index in [1.54, 1.807) is 12.2 Å². The Balaban J connectivity index is 3.54. The molecule has 0 aromatic rings. The molecule has 0 spiro atoms. The van der Waals surface area contributed by atoms with Crippen LogP contribution in [0.1, 0.15) is 26.7 Å². The van der Waals surface area contributed by atoms with Crippen LogP contribution in [-0.4, -0.2) is 23.7 Å². The highest BCUT2D eigenvalue weighted by atomic mass is 16.3. The summed E-state index contributed by atoms with van der Waals surface area (Å²) in [6, 6.07) is 0. The maximum absolute atomic E-state index is 11.1. The quantitative estimate of drug-likeness (QED) is 0.499. The van der Waals surface area contributed by atoms with Crippen molar-refractivity contribution in [3.05, 3.63) is 24.3 Å². The molecule has 0 heterocycles. The number of carbonyl (C=O) groups is 1. The molecule has 2 N–H and O–H groups in total. The summed E-state index contributed by atoms with van der Waals surface area (Å²) in [5, 5.41) is 11.9. The summed E-state index contributed by atoms with van der Waals surface area (Å²) in [7, 11) is 0. The van der Waals surface area contributed by atoms with Crippen LogP contribution in [0.25, 0.3) is 0 Å². The molecule has 0 aromatic heterocycles. The molecule has 0 radical (unpaired) electrons. The molecule has 80 valence electrons. The number of amides is 1. The van der Waals surface area contributed by atoms with Crippen LogP contribution in [-0.2, 0) is 4.79 Å². The average molecular weight is 197 g/mol. The van der Waals surface area contributed by atoms with Gasteiger partial charge in [0, 0.05) is 12.6 Å². The van der Waals surface area contributed by atoms with Crippen molar-refractivity contribution in [2.45, 2.75) is 32.8 Å². The molecule has 3 heteroatoms. The lowest BCUT2D eigenvalue weighted by Gasteiger charge is -2.06. The minimum absolute atomic E-state index is 0.119. The van der Waals surface area contributed by atoms with Gasteiger partial charge in [0.25, 0.3) is 0 Å². The minimum Gasteiger partial charge on any atom is -0.393 e. The van der Waals surface area contributed by atoms with Gasteiger partial charge >= 0.3 is 0 Å². The van der Waals surface area contributed by atoms with E-state index < -0.39 is 0 Å². The summed E-state index contributed by atoms with van der Waals surface area (Å²) in [6.45, 7) is 4.33. The SMILES string of the molecule is CC=C/C=C/C(=O)NCCC(O)CC. The molecule has 1 atom stereocenters. The normalized spacial score (nSPS) is 13.6. The molecule has 0 fully saturated rings.